The van der Waals surface area contributed by atoms with Crippen LogP contribution < -0.4 is 10.2 Å². The number of furan rings is 1. The molecule has 28 heavy (non-hydrogen) atoms. The van der Waals surface area contributed by atoms with E-state index < -0.39 is 0 Å². The molecule has 1 atom stereocenters. The monoisotopic (exact) mass is 385 g/mol. The first-order chi connectivity index (χ1) is 13.3. The van der Waals surface area contributed by atoms with Crippen molar-refractivity contribution in [3.63, 3.8) is 0 Å². The van der Waals surface area contributed by atoms with Gasteiger partial charge in [0.05, 0.1) is 6.04 Å². The largest absolute Gasteiger partial charge is 0.466 e. The number of nitrogens with one attached hydrogen (secondary N) is 1. The number of aryl methyl sites for hydroxylation is 1. The third kappa shape index (κ3) is 3.86. The molecule has 0 saturated carbocycles. The zero-order valence-electron chi connectivity index (χ0n) is 16.8. The molecule has 6 heteroatoms. The number of carbonyl (C=O) groups is 1. The molecule has 0 radical (unpaired) electrons. The van der Waals surface area contributed by atoms with Crippen molar-refractivity contribution < 1.29 is 13.6 Å². The van der Waals surface area contributed by atoms with Gasteiger partial charge in [0.2, 0.25) is 0 Å². The fourth-order valence-electron chi connectivity index (χ4n) is 4.37. The molecule has 1 saturated heterocycles. The second-order valence-electron chi connectivity index (χ2n) is 8.73. The van der Waals surface area contributed by atoms with Crippen LogP contribution in [0.4, 0.5) is 14.9 Å². The predicted octanol–water partition coefficient (Wildman–Crippen LogP) is 4.27. The van der Waals surface area contributed by atoms with Gasteiger partial charge in [0.15, 0.2) is 0 Å². The van der Waals surface area contributed by atoms with Crippen LogP contribution in [0.2, 0.25) is 0 Å². The molecule has 1 aromatic carbocycles. The van der Waals surface area contributed by atoms with Crippen LogP contribution in [-0.2, 0) is 6.42 Å². The van der Waals surface area contributed by atoms with Crippen molar-refractivity contribution in [1.29, 1.82) is 0 Å². The summed E-state index contributed by atoms with van der Waals surface area (Å²) in [6.45, 7) is 9.17. The lowest BCUT2D eigenvalue weighted by atomic mass is 9.75. The molecule has 2 aliphatic rings. The van der Waals surface area contributed by atoms with Crippen LogP contribution in [0.5, 0.6) is 0 Å². The minimum atomic E-state index is -0.231. The van der Waals surface area contributed by atoms with Gasteiger partial charge in [-0.25, -0.2) is 9.18 Å². The lowest BCUT2D eigenvalue weighted by Crippen LogP contribution is -2.52. The Balaban J connectivity index is 1.39. The summed E-state index contributed by atoms with van der Waals surface area (Å²) in [6.07, 6.45) is 1.80. The van der Waals surface area contributed by atoms with Gasteiger partial charge < -0.3 is 19.5 Å². The van der Waals surface area contributed by atoms with E-state index in [1.165, 1.54) is 12.1 Å². The second kappa shape index (κ2) is 7.15. The smallest absolute Gasteiger partial charge is 0.318 e. The fraction of sp³-hybridized carbons (Fsp3) is 0.500. The third-order valence-corrected chi connectivity index (χ3v) is 5.79. The zero-order valence-corrected chi connectivity index (χ0v) is 16.8. The number of anilines is 1. The quantitative estimate of drug-likeness (QED) is 0.840. The summed E-state index contributed by atoms with van der Waals surface area (Å²) in [7, 11) is 0. The number of nitrogens with zero attached hydrogens (tertiary/aromatic N) is 2. The van der Waals surface area contributed by atoms with Gasteiger partial charge in [-0.3, -0.25) is 0 Å². The third-order valence-electron chi connectivity index (χ3n) is 5.79. The van der Waals surface area contributed by atoms with E-state index in [1.54, 1.807) is 12.1 Å². The Labute approximate surface area is 165 Å². The highest BCUT2D eigenvalue weighted by atomic mass is 19.1. The predicted molar refractivity (Wildman–Crippen MR) is 107 cm³/mol. The summed E-state index contributed by atoms with van der Waals surface area (Å²) < 4.78 is 19.0. The molecule has 1 aliphatic carbocycles. The minimum absolute atomic E-state index is 0.0150. The van der Waals surface area contributed by atoms with Gasteiger partial charge in [0.1, 0.15) is 17.3 Å². The van der Waals surface area contributed by atoms with Crippen LogP contribution in [0, 0.1) is 18.2 Å². The van der Waals surface area contributed by atoms with Crippen LogP contribution in [0.25, 0.3) is 0 Å². The van der Waals surface area contributed by atoms with E-state index >= 15 is 0 Å². The van der Waals surface area contributed by atoms with Gasteiger partial charge in [-0.2, -0.15) is 0 Å². The van der Waals surface area contributed by atoms with Crippen molar-refractivity contribution >= 4 is 11.7 Å². The topological polar surface area (TPSA) is 48.7 Å². The van der Waals surface area contributed by atoms with Gasteiger partial charge in [-0.1, -0.05) is 13.8 Å². The Bertz CT molecular complexity index is 851. The van der Waals surface area contributed by atoms with Crippen molar-refractivity contribution in [3.05, 3.63) is 53.2 Å². The van der Waals surface area contributed by atoms with Crippen LogP contribution in [0.1, 0.15) is 43.4 Å². The number of urea groups is 1. The Hall–Kier alpha value is -2.50. The summed E-state index contributed by atoms with van der Waals surface area (Å²) in [5.41, 5.74) is 2.21. The number of fused-ring (bicyclic) bond motifs is 1. The van der Waals surface area contributed by atoms with Crippen molar-refractivity contribution in [2.45, 2.75) is 39.7 Å². The van der Waals surface area contributed by atoms with Crippen LogP contribution >= 0.6 is 0 Å². The van der Waals surface area contributed by atoms with Crippen molar-refractivity contribution in [2.24, 2.45) is 5.41 Å². The molecule has 2 aromatic rings. The number of piperazine rings is 1. The standard InChI is InChI=1S/C22H28FN3O2/c1-15-12-18-19(13-22(2,3)14-20(18)28-15)24-21(27)26-10-8-25(9-11-26)17-6-4-16(23)5-7-17/h4-7,12,19H,8-11,13-14H2,1-3H3,(H,24,27). The number of carbonyl (C=O) groups excluding carboxylic acids is 1. The van der Waals surface area contributed by atoms with E-state index in [9.17, 15) is 9.18 Å². The maximum atomic E-state index is 13.1. The second-order valence-corrected chi connectivity index (χ2v) is 8.73. The Morgan fingerprint density at radius 1 is 1.18 bits per heavy atom. The van der Waals surface area contributed by atoms with Gasteiger partial charge >= 0.3 is 6.03 Å². The molecule has 0 bridgehead atoms. The number of halogens is 1. The van der Waals surface area contributed by atoms with Crippen molar-refractivity contribution in [1.82, 2.24) is 10.2 Å². The van der Waals surface area contributed by atoms with E-state index in [0.717, 1.165) is 48.7 Å². The Morgan fingerprint density at radius 2 is 1.86 bits per heavy atom. The maximum absolute atomic E-state index is 13.1. The number of benzene rings is 1. The highest BCUT2D eigenvalue weighted by molar-refractivity contribution is 5.75. The average molecular weight is 385 g/mol. The molecule has 2 amide bonds. The lowest BCUT2D eigenvalue weighted by Gasteiger charge is -2.39. The SMILES string of the molecule is Cc1cc2c(o1)CC(C)(C)CC2NC(=O)N1CCN(c2ccc(F)cc2)CC1. The number of rotatable bonds is 2. The van der Waals surface area contributed by atoms with Crippen LogP contribution in [0.15, 0.2) is 34.7 Å². The normalized spacial score (nSPS) is 21.4. The van der Waals surface area contributed by atoms with E-state index in [1.807, 2.05) is 11.8 Å². The Kier molecular flexibility index (Phi) is 4.81. The zero-order chi connectivity index (χ0) is 19.9. The Morgan fingerprint density at radius 3 is 2.54 bits per heavy atom. The van der Waals surface area contributed by atoms with E-state index in [0.29, 0.717) is 13.1 Å². The molecule has 1 N–H and O–H groups in total. The minimum Gasteiger partial charge on any atom is -0.466 e. The molecule has 5 nitrogen and oxygen atoms in total. The van der Waals surface area contributed by atoms with Gasteiger partial charge in [-0.15, -0.1) is 0 Å². The first-order valence-electron chi connectivity index (χ1n) is 9.96. The van der Waals surface area contributed by atoms with Crippen molar-refractivity contribution in [2.75, 3.05) is 31.1 Å². The molecule has 2 heterocycles. The number of hydrogen-bond donors (Lipinski definition) is 1. The molecule has 0 spiro atoms. The number of amides is 2. The van der Waals surface area contributed by atoms with Crippen LogP contribution in [0.3, 0.4) is 0 Å². The van der Waals surface area contributed by atoms with E-state index in [-0.39, 0.29) is 23.3 Å². The molecule has 150 valence electrons. The summed E-state index contributed by atoms with van der Waals surface area (Å²) in [5, 5.41) is 3.23. The molecule has 1 aliphatic heterocycles. The fourth-order valence-corrected chi connectivity index (χ4v) is 4.37. The summed E-state index contributed by atoms with van der Waals surface area (Å²) in [4.78, 5) is 17.0. The summed E-state index contributed by atoms with van der Waals surface area (Å²) >= 11 is 0. The van der Waals surface area contributed by atoms with E-state index in [2.05, 4.69) is 30.1 Å². The van der Waals surface area contributed by atoms with Crippen molar-refractivity contribution in [3.8, 4) is 0 Å². The average Bonchev–Trinajstić information content (AvgIpc) is 3.01. The molecule has 1 fully saturated rings. The molecular formula is C22H28FN3O2. The maximum Gasteiger partial charge on any atom is 0.318 e. The van der Waals surface area contributed by atoms with E-state index in [4.69, 9.17) is 4.42 Å². The first-order valence-corrected chi connectivity index (χ1v) is 9.96. The molecule has 4 rings (SSSR count). The highest BCUT2D eigenvalue weighted by Crippen LogP contribution is 2.42. The number of hydrogen-bond acceptors (Lipinski definition) is 3. The first kappa shape index (κ1) is 18.8. The van der Waals surface area contributed by atoms with Gasteiger partial charge in [-0.05, 0) is 49.1 Å². The van der Waals surface area contributed by atoms with Crippen LogP contribution in [-0.4, -0.2) is 37.1 Å². The lowest BCUT2D eigenvalue weighted by molar-refractivity contribution is 0.178. The molecule has 1 unspecified atom stereocenters. The van der Waals surface area contributed by atoms with Gasteiger partial charge in [0, 0.05) is 43.9 Å². The van der Waals surface area contributed by atoms with Gasteiger partial charge in [0.25, 0.3) is 0 Å². The summed E-state index contributed by atoms with van der Waals surface area (Å²) in [5.74, 6) is 1.67. The molecular weight excluding hydrogens is 357 g/mol. The highest BCUT2D eigenvalue weighted by Gasteiger charge is 2.36. The summed E-state index contributed by atoms with van der Waals surface area (Å²) in [6, 6.07) is 8.55. The molecule has 1 aromatic heterocycles.